The summed E-state index contributed by atoms with van der Waals surface area (Å²) in [5, 5.41) is 2.79. The van der Waals surface area contributed by atoms with Crippen molar-refractivity contribution in [2.24, 2.45) is 0 Å². The van der Waals surface area contributed by atoms with Crippen LogP contribution in [0.2, 0.25) is 0 Å². The first-order valence-corrected chi connectivity index (χ1v) is 26.2. The molecule has 2 nitrogen and oxygen atoms in total. The lowest BCUT2D eigenvalue weighted by Crippen LogP contribution is -2.61. The van der Waals surface area contributed by atoms with Gasteiger partial charge < -0.3 is 9.80 Å². The number of aryl methyl sites for hydroxylation is 1. The number of thiophene rings is 1. The molecule has 5 aromatic carbocycles. The molecule has 0 bridgehead atoms. The summed E-state index contributed by atoms with van der Waals surface area (Å²) < 4.78 is 1.38. The van der Waals surface area contributed by atoms with Crippen molar-refractivity contribution in [2.45, 2.75) is 194 Å². The number of fused-ring (bicyclic) bond motifs is 9. The van der Waals surface area contributed by atoms with Gasteiger partial charge in [-0.3, -0.25) is 0 Å². The summed E-state index contributed by atoms with van der Waals surface area (Å²) in [6, 6.07) is 30.6. The quantitative estimate of drug-likeness (QED) is 0.160. The Bertz CT molecular complexity index is 3070. The van der Waals surface area contributed by atoms with Crippen LogP contribution in [0.25, 0.3) is 10.1 Å². The molecular formula is C62H75BN2S. The minimum Gasteiger partial charge on any atom is -0.311 e. The van der Waals surface area contributed by atoms with Crippen LogP contribution in [-0.4, -0.2) is 6.71 Å². The van der Waals surface area contributed by atoms with Gasteiger partial charge in [-0.2, -0.15) is 0 Å². The number of hydrogen-bond acceptors (Lipinski definition) is 3. The summed E-state index contributed by atoms with van der Waals surface area (Å²) in [6.45, 7) is 41.8. The normalized spacial score (nSPS) is 21.1. The second-order valence-electron chi connectivity index (χ2n) is 26.7. The van der Waals surface area contributed by atoms with Crippen LogP contribution in [0.15, 0.2) is 72.8 Å². The predicted octanol–water partition coefficient (Wildman–Crippen LogP) is 15.9. The smallest absolute Gasteiger partial charge is 0.254 e. The summed E-state index contributed by atoms with van der Waals surface area (Å²) in [4.78, 5) is 5.48. The van der Waals surface area contributed by atoms with Crippen molar-refractivity contribution < 1.29 is 0 Å². The molecule has 0 amide bonds. The minimum absolute atomic E-state index is 0.0245. The van der Waals surface area contributed by atoms with Gasteiger partial charge in [0, 0.05) is 33.1 Å². The number of hydrogen-bond donors (Lipinski definition) is 0. The second-order valence-corrected chi connectivity index (χ2v) is 27.8. The second kappa shape index (κ2) is 13.7. The van der Waals surface area contributed by atoms with Crippen LogP contribution in [-0.2, 0) is 37.9 Å². The van der Waals surface area contributed by atoms with Gasteiger partial charge in [-0.1, -0.05) is 134 Å². The SMILES string of the molecule is Cc1cc2c3c(c1)N(c1ccc4c(c1)C(C)(C)CCC4(C)C)c1sc4ccc(C(C)(C)C)cc4c1B3c1cc3c(cc1N2c1ccc2c(c1C)C(C)(C)CCC2(C)C)C(C)(C)CCC3(C)C. The Hall–Kier alpha value is -4.28. The third-order valence-electron chi connectivity index (χ3n) is 18.2. The lowest BCUT2D eigenvalue weighted by atomic mass is 9.33. The lowest BCUT2D eigenvalue weighted by molar-refractivity contribution is 0.330. The molecule has 0 saturated heterocycles. The molecule has 2 aliphatic heterocycles. The van der Waals surface area contributed by atoms with E-state index in [-0.39, 0.29) is 44.6 Å². The van der Waals surface area contributed by atoms with Crippen molar-refractivity contribution in [1.82, 2.24) is 0 Å². The maximum absolute atomic E-state index is 2.76. The number of anilines is 6. The van der Waals surface area contributed by atoms with Crippen LogP contribution in [0, 0.1) is 13.8 Å². The van der Waals surface area contributed by atoms with Crippen LogP contribution in [0.5, 0.6) is 0 Å². The van der Waals surface area contributed by atoms with Gasteiger partial charge in [-0.25, -0.2) is 0 Å². The van der Waals surface area contributed by atoms with Gasteiger partial charge in [0.05, 0.1) is 5.00 Å². The highest BCUT2D eigenvalue weighted by atomic mass is 32.1. The lowest BCUT2D eigenvalue weighted by Gasteiger charge is -2.48. The zero-order chi connectivity index (χ0) is 47.2. The molecule has 0 N–H and O–H groups in total. The van der Waals surface area contributed by atoms with E-state index in [1.54, 1.807) is 5.56 Å². The van der Waals surface area contributed by atoms with Gasteiger partial charge in [0.1, 0.15) is 0 Å². The van der Waals surface area contributed by atoms with E-state index in [9.17, 15) is 0 Å². The number of benzene rings is 5. The molecular weight excluding hydrogens is 816 g/mol. The van der Waals surface area contributed by atoms with Crippen molar-refractivity contribution in [2.75, 3.05) is 9.80 Å². The van der Waals surface area contributed by atoms with Crippen molar-refractivity contribution >= 4 is 78.0 Å². The van der Waals surface area contributed by atoms with Gasteiger partial charge in [-0.15, -0.1) is 11.3 Å². The van der Waals surface area contributed by atoms with Crippen LogP contribution >= 0.6 is 11.3 Å². The molecule has 0 spiro atoms. The fraction of sp³-hybridized carbons (Fsp3) is 0.484. The molecule has 4 heteroatoms. The highest BCUT2D eigenvalue weighted by Crippen LogP contribution is 2.56. The highest BCUT2D eigenvalue weighted by molar-refractivity contribution is 7.26. The fourth-order valence-corrected chi connectivity index (χ4v) is 14.9. The van der Waals surface area contributed by atoms with E-state index in [4.69, 9.17) is 0 Å². The molecule has 0 radical (unpaired) electrons. The van der Waals surface area contributed by atoms with Crippen LogP contribution in [0.1, 0.15) is 192 Å². The Balaban J connectivity index is 1.29. The Morgan fingerprint density at radius 1 is 0.485 bits per heavy atom. The summed E-state index contributed by atoms with van der Waals surface area (Å²) in [7, 11) is 0. The van der Waals surface area contributed by atoms with Crippen molar-refractivity contribution in [3.63, 3.8) is 0 Å². The molecule has 3 heterocycles. The standard InChI is InChI=1S/C62H75BN2S/c1-36-30-49-54-50(31-36)65(47-22-21-42-52(37(47)2)62(16,17)29-28-58(42,8)9)48-35-45-44(60(12,13)26-27-61(45,14)15)34-46(48)63(54)53-40-32-38(56(3,4)5)18-23-51(40)66-55(53)64(49)39-19-20-41-43(33-39)59(10,11)25-24-57(41,6)7/h18-23,30-35H,24-29H2,1-17H3. The number of rotatable bonds is 2. The summed E-state index contributed by atoms with van der Waals surface area (Å²) >= 11 is 2.01. The van der Waals surface area contributed by atoms with Crippen molar-refractivity contribution in [3.05, 3.63) is 123 Å². The molecule has 0 fully saturated rings. The molecule has 6 aromatic rings. The van der Waals surface area contributed by atoms with Crippen LogP contribution in [0.3, 0.4) is 0 Å². The Morgan fingerprint density at radius 2 is 1.02 bits per heavy atom. The molecule has 1 aromatic heterocycles. The van der Waals surface area contributed by atoms with Crippen LogP contribution in [0.4, 0.5) is 33.4 Å². The molecule has 342 valence electrons. The van der Waals surface area contributed by atoms with Gasteiger partial charge in [-0.05, 0) is 205 Å². The minimum atomic E-state index is 0.0245. The Morgan fingerprint density at radius 3 is 1.64 bits per heavy atom. The average molecular weight is 891 g/mol. The predicted molar refractivity (Wildman–Crippen MR) is 290 cm³/mol. The van der Waals surface area contributed by atoms with E-state index in [0.29, 0.717) is 0 Å². The maximum atomic E-state index is 2.76. The zero-order valence-electron chi connectivity index (χ0n) is 43.6. The molecule has 66 heavy (non-hydrogen) atoms. The average Bonchev–Trinajstić information content (AvgIpc) is 3.61. The van der Waals surface area contributed by atoms with Gasteiger partial charge in [0.15, 0.2) is 0 Å². The summed E-state index contributed by atoms with van der Waals surface area (Å²) in [5.74, 6) is 0. The van der Waals surface area contributed by atoms with E-state index in [2.05, 4.69) is 200 Å². The van der Waals surface area contributed by atoms with E-state index < -0.39 is 0 Å². The molecule has 0 unspecified atom stereocenters. The summed E-state index contributed by atoms with van der Waals surface area (Å²) in [5.41, 5.74) is 25.0. The van der Waals surface area contributed by atoms with Crippen LogP contribution < -0.4 is 26.2 Å². The highest BCUT2D eigenvalue weighted by Gasteiger charge is 2.49. The fourth-order valence-electron chi connectivity index (χ4n) is 13.7. The first kappa shape index (κ1) is 44.2. The first-order valence-electron chi connectivity index (χ1n) is 25.4. The topological polar surface area (TPSA) is 6.48 Å². The molecule has 3 aliphatic carbocycles. The van der Waals surface area contributed by atoms with E-state index in [1.807, 2.05) is 11.3 Å². The van der Waals surface area contributed by atoms with Gasteiger partial charge in [0.25, 0.3) is 6.71 Å². The van der Waals surface area contributed by atoms with Crippen molar-refractivity contribution in [1.29, 1.82) is 0 Å². The van der Waals surface area contributed by atoms with Gasteiger partial charge >= 0.3 is 0 Å². The third kappa shape index (κ3) is 6.24. The molecule has 11 rings (SSSR count). The largest absolute Gasteiger partial charge is 0.311 e. The number of nitrogens with zero attached hydrogens (tertiary/aromatic N) is 2. The molecule has 5 aliphatic rings. The third-order valence-corrected chi connectivity index (χ3v) is 19.4. The molecule has 0 atom stereocenters. The van der Waals surface area contributed by atoms with E-state index >= 15 is 0 Å². The first-order chi connectivity index (χ1) is 30.6. The maximum Gasteiger partial charge on any atom is 0.254 e. The zero-order valence-corrected chi connectivity index (χ0v) is 44.4. The van der Waals surface area contributed by atoms with E-state index in [0.717, 1.165) is 0 Å². The van der Waals surface area contributed by atoms with Gasteiger partial charge in [0.2, 0.25) is 0 Å². The van der Waals surface area contributed by atoms with Crippen molar-refractivity contribution in [3.8, 4) is 0 Å². The Kier molecular flexibility index (Phi) is 9.19. The summed E-state index contributed by atoms with van der Waals surface area (Å²) in [6.07, 6.45) is 7.19. The molecule has 0 saturated carbocycles. The Labute approximate surface area is 402 Å². The monoisotopic (exact) mass is 891 g/mol. The van der Waals surface area contributed by atoms with E-state index in [1.165, 1.54) is 143 Å².